The lowest BCUT2D eigenvalue weighted by molar-refractivity contribution is -0.143. The SMILES string of the molecule is CC[C@H](C)[C@@H](CN(CC(=O)CN[C@@H](CCSC)C(=O)OC)Cc1cccc2ccccc12)N(C(C)=O)c1nccn1Cc1ccc(C#N)cc1. The second-order valence-corrected chi connectivity index (χ2v) is 13.6. The maximum atomic E-state index is 13.7. The zero-order valence-electron chi connectivity index (χ0n) is 29.7. The number of imidazole rings is 1. The molecule has 0 bridgehead atoms. The van der Waals surface area contributed by atoms with Crippen molar-refractivity contribution in [2.24, 2.45) is 5.92 Å². The maximum Gasteiger partial charge on any atom is 0.322 e. The van der Waals surface area contributed by atoms with E-state index in [0.717, 1.165) is 34.1 Å². The monoisotopic (exact) mass is 696 g/mol. The van der Waals surface area contributed by atoms with Crippen molar-refractivity contribution < 1.29 is 19.1 Å². The third kappa shape index (κ3) is 10.3. The quantitative estimate of drug-likeness (QED) is 0.124. The van der Waals surface area contributed by atoms with E-state index in [9.17, 15) is 19.6 Å². The first kappa shape index (κ1) is 38.3. The van der Waals surface area contributed by atoms with Crippen molar-refractivity contribution in [3.63, 3.8) is 0 Å². The van der Waals surface area contributed by atoms with Crippen LogP contribution in [0.3, 0.4) is 0 Å². The second kappa shape index (κ2) is 19.0. The fourth-order valence-electron chi connectivity index (χ4n) is 6.18. The minimum Gasteiger partial charge on any atom is -0.468 e. The molecule has 0 radical (unpaired) electrons. The molecule has 1 N–H and O–H groups in total. The predicted octanol–water partition coefficient (Wildman–Crippen LogP) is 5.68. The van der Waals surface area contributed by atoms with Crippen LogP contribution in [0.4, 0.5) is 5.95 Å². The van der Waals surface area contributed by atoms with Gasteiger partial charge in [0.1, 0.15) is 6.04 Å². The lowest BCUT2D eigenvalue weighted by atomic mass is 9.96. The number of benzene rings is 3. The molecule has 1 amide bonds. The molecule has 3 atom stereocenters. The fraction of sp³-hybridized carbons (Fsp3) is 0.410. The maximum absolute atomic E-state index is 13.7. The molecule has 3 aromatic carbocycles. The number of nitrogens with one attached hydrogen (secondary N) is 1. The Bertz CT molecular complexity index is 1760. The number of carbonyl (C=O) groups excluding carboxylic acids is 3. The van der Waals surface area contributed by atoms with Crippen LogP contribution in [-0.2, 0) is 32.2 Å². The average molecular weight is 697 g/mol. The molecule has 0 saturated heterocycles. The number of nitriles is 1. The van der Waals surface area contributed by atoms with E-state index in [0.29, 0.717) is 37.6 Å². The number of nitrogens with zero attached hydrogens (tertiary/aromatic N) is 5. The van der Waals surface area contributed by atoms with Crippen LogP contribution in [0.5, 0.6) is 0 Å². The third-order valence-electron chi connectivity index (χ3n) is 9.08. The Balaban J connectivity index is 1.66. The van der Waals surface area contributed by atoms with E-state index >= 15 is 0 Å². The van der Waals surface area contributed by atoms with E-state index in [2.05, 4.69) is 59.4 Å². The highest BCUT2D eigenvalue weighted by Crippen LogP contribution is 2.26. The number of Topliss-reactive ketones (excluding diaryl/α,β-unsaturated/α-hetero) is 1. The minimum atomic E-state index is -0.570. The normalized spacial score (nSPS) is 13.1. The Kier molecular flexibility index (Phi) is 14.6. The second-order valence-electron chi connectivity index (χ2n) is 12.6. The largest absolute Gasteiger partial charge is 0.468 e. The smallest absolute Gasteiger partial charge is 0.322 e. The molecule has 0 spiro atoms. The topological polar surface area (TPSA) is 121 Å². The number of ether oxygens (including phenoxy) is 1. The van der Waals surface area contributed by atoms with Gasteiger partial charge in [-0.25, -0.2) is 4.98 Å². The molecule has 0 aliphatic rings. The summed E-state index contributed by atoms with van der Waals surface area (Å²) in [6.45, 7) is 7.29. The number of esters is 1. The number of hydrogen-bond donors (Lipinski definition) is 1. The molecule has 0 aliphatic carbocycles. The summed E-state index contributed by atoms with van der Waals surface area (Å²) in [6, 6.07) is 23.0. The Labute approximate surface area is 299 Å². The first-order valence-corrected chi connectivity index (χ1v) is 18.4. The fourth-order valence-corrected chi connectivity index (χ4v) is 6.65. The highest BCUT2D eigenvalue weighted by atomic mass is 32.2. The number of anilines is 1. The Morgan fingerprint density at radius 1 is 1.08 bits per heavy atom. The van der Waals surface area contributed by atoms with Crippen LogP contribution >= 0.6 is 11.8 Å². The van der Waals surface area contributed by atoms with Gasteiger partial charge in [0.2, 0.25) is 11.9 Å². The molecule has 50 heavy (non-hydrogen) atoms. The molecule has 0 unspecified atom stereocenters. The van der Waals surface area contributed by atoms with Crippen molar-refractivity contribution in [2.75, 3.05) is 43.7 Å². The predicted molar refractivity (Wildman–Crippen MR) is 200 cm³/mol. The summed E-state index contributed by atoms with van der Waals surface area (Å²) in [7, 11) is 1.36. The number of hydrogen-bond acceptors (Lipinski definition) is 9. The van der Waals surface area contributed by atoms with Crippen LogP contribution in [-0.4, -0.2) is 82.9 Å². The van der Waals surface area contributed by atoms with Gasteiger partial charge in [0, 0.05) is 32.4 Å². The molecule has 0 aliphatic heterocycles. The van der Waals surface area contributed by atoms with Gasteiger partial charge in [0.15, 0.2) is 5.78 Å². The van der Waals surface area contributed by atoms with Gasteiger partial charge in [0.25, 0.3) is 0 Å². The van der Waals surface area contributed by atoms with Crippen LogP contribution in [0.15, 0.2) is 79.1 Å². The van der Waals surface area contributed by atoms with Gasteiger partial charge in [-0.05, 0) is 58.4 Å². The Morgan fingerprint density at radius 2 is 1.82 bits per heavy atom. The minimum absolute atomic E-state index is 0.0135. The van der Waals surface area contributed by atoms with Crippen LogP contribution < -0.4 is 10.2 Å². The van der Waals surface area contributed by atoms with Gasteiger partial charge in [-0.2, -0.15) is 17.0 Å². The average Bonchev–Trinajstić information content (AvgIpc) is 3.58. The van der Waals surface area contributed by atoms with Gasteiger partial charge in [-0.3, -0.25) is 29.5 Å². The van der Waals surface area contributed by atoms with E-state index < -0.39 is 6.04 Å². The van der Waals surface area contributed by atoms with Crippen molar-refractivity contribution in [3.05, 3.63) is 95.8 Å². The van der Waals surface area contributed by atoms with Crippen molar-refractivity contribution in [1.82, 2.24) is 19.8 Å². The van der Waals surface area contributed by atoms with E-state index in [-0.39, 0.29) is 42.7 Å². The lowest BCUT2D eigenvalue weighted by Gasteiger charge is -2.38. The van der Waals surface area contributed by atoms with Gasteiger partial charge in [0.05, 0.1) is 44.4 Å². The van der Waals surface area contributed by atoms with Gasteiger partial charge in [-0.15, -0.1) is 0 Å². The van der Waals surface area contributed by atoms with Gasteiger partial charge in [-0.1, -0.05) is 74.9 Å². The third-order valence-corrected chi connectivity index (χ3v) is 9.72. The number of fused-ring (bicyclic) bond motifs is 1. The summed E-state index contributed by atoms with van der Waals surface area (Å²) in [5.74, 6) is 0.757. The number of thioether (sulfide) groups is 1. The van der Waals surface area contributed by atoms with E-state index in [1.807, 2.05) is 47.4 Å². The standard InChI is InChI=1S/C39H48N6O4S/c1-6-28(2)37(45(29(3)46)39-41-19-20-44(39)24-31-16-14-30(22-40)15-17-31)27-43(25-33-12-9-11-32-10-7-8-13-35(32)33)26-34(47)23-42-36(18-21-50-5)38(48)49-4/h7-17,19-20,28,36-37,42H,6,18,21,23-27H2,1-5H3/t28-,36-,37+/m0/s1. The van der Waals surface area contributed by atoms with Gasteiger partial charge >= 0.3 is 5.97 Å². The summed E-state index contributed by atoms with van der Waals surface area (Å²) in [5, 5.41) is 14.6. The molecule has 0 fully saturated rings. The molecule has 0 saturated carbocycles. The highest BCUT2D eigenvalue weighted by Gasteiger charge is 2.32. The summed E-state index contributed by atoms with van der Waals surface area (Å²) in [5.41, 5.74) is 2.64. The molecule has 11 heteroatoms. The summed E-state index contributed by atoms with van der Waals surface area (Å²) in [6.07, 6.45) is 6.88. The Hall–Kier alpha value is -4.50. The molecular weight excluding hydrogens is 649 g/mol. The number of rotatable bonds is 19. The van der Waals surface area contributed by atoms with Crippen molar-refractivity contribution >= 4 is 46.1 Å². The molecule has 264 valence electrons. The molecule has 1 heterocycles. The molecule has 1 aromatic heterocycles. The number of methoxy groups -OCH3 is 1. The molecular formula is C39H48N6O4S. The molecule has 4 rings (SSSR count). The Morgan fingerprint density at radius 3 is 2.50 bits per heavy atom. The van der Waals surface area contributed by atoms with E-state index in [1.54, 1.807) is 41.9 Å². The first-order valence-electron chi connectivity index (χ1n) is 17.0. The summed E-state index contributed by atoms with van der Waals surface area (Å²) < 4.78 is 6.93. The first-order chi connectivity index (χ1) is 24.2. The highest BCUT2D eigenvalue weighted by molar-refractivity contribution is 7.98. The van der Waals surface area contributed by atoms with Crippen molar-refractivity contribution in [3.8, 4) is 6.07 Å². The van der Waals surface area contributed by atoms with Crippen LogP contribution in [0.25, 0.3) is 10.8 Å². The molecule has 10 nitrogen and oxygen atoms in total. The van der Waals surface area contributed by atoms with Crippen molar-refractivity contribution in [2.45, 2.75) is 58.8 Å². The van der Waals surface area contributed by atoms with E-state index in [1.165, 1.54) is 7.11 Å². The lowest BCUT2D eigenvalue weighted by Crippen LogP contribution is -2.52. The zero-order chi connectivity index (χ0) is 36.0. The molecule has 4 aromatic rings. The number of carbonyl (C=O) groups is 3. The van der Waals surface area contributed by atoms with Crippen LogP contribution in [0, 0.1) is 17.2 Å². The summed E-state index contributed by atoms with van der Waals surface area (Å²) in [4.78, 5) is 48.2. The van der Waals surface area contributed by atoms with Crippen LogP contribution in [0.2, 0.25) is 0 Å². The number of amides is 1. The van der Waals surface area contributed by atoms with Crippen LogP contribution in [0.1, 0.15) is 50.3 Å². The van der Waals surface area contributed by atoms with Crippen molar-refractivity contribution in [1.29, 1.82) is 5.26 Å². The zero-order valence-corrected chi connectivity index (χ0v) is 30.5. The van der Waals surface area contributed by atoms with Gasteiger partial charge < -0.3 is 9.30 Å². The number of aromatic nitrogens is 2. The van der Waals surface area contributed by atoms with E-state index in [4.69, 9.17) is 4.74 Å². The summed E-state index contributed by atoms with van der Waals surface area (Å²) >= 11 is 1.63. The number of ketones is 1.